The number of fused-ring (bicyclic) bond motifs is 1. The van der Waals surface area contributed by atoms with E-state index in [-0.39, 0.29) is 54.5 Å². The maximum atomic E-state index is 13.0. The molecule has 1 heterocycles. The van der Waals surface area contributed by atoms with Crippen molar-refractivity contribution in [2.75, 3.05) is 26.4 Å². The fourth-order valence-corrected chi connectivity index (χ4v) is 6.36. The Morgan fingerprint density at radius 1 is 1.13 bits per heavy atom. The Morgan fingerprint density at radius 2 is 1.82 bits per heavy atom. The molecule has 1 fully saturated rings. The van der Waals surface area contributed by atoms with Gasteiger partial charge in [0.15, 0.2) is 0 Å². The third-order valence-electron chi connectivity index (χ3n) is 8.58. The van der Waals surface area contributed by atoms with Gasteiger partial charge in [-0.2, -0.15) is 0 Å². The molecule has 0 saturated heterocycles. The van der Waals surface area contributed by atoms with Gasteiger partial charge in [-0.3, -0.25) is 4.79 Å². The van der Waals surface area contributed by atoms with Crippen LogP contribution in [0.1, 0.15) is 53.4 Å². The molecule has 212 valence electrons. The van der Waals surface area contributed by atoms with E-state index in [4.69, 9.17) is 9.47 Å². The summed E-state index contributed by atoms with van der Waals surface area (Å²) in [6.07, 6.45) is 7.46. The fourth-order valence-electron chi connectivity index (χ4n) is 6.36. The number of aliphatic hydroxyl groups excluding tert-OH is 2. The first kappa shape index (κ1) is 30.1. The van der Waals surface area contributed by atoms with Gasteiger partial charge in [0.2, 0.25) is 0 Å². The van der Waals surface area contributed by atoms with E-state index < -0.39 is 48.6 Å². The molecular formula is C29H42O9. The predicted octanol–water partition coefficient (Wildman–Crippen LogP) is 2.65. The van der Waals surface area contributed by atoms with Gasteiger partial charge < -0.3 is 29.9 Å². The summed E-state index contributed by atoms with van der Waals surface area (Å²) in [6, 6.07) is 0. The number of hydrogen-bond acceptors (Lipinski definition) is 8. The van der Waals surface area contributed by atoms with E-state index in [2.05, 4.69) is 13.8 Å². The van der Waals surface area contributed by atoms with E-state index in [0.29, 0.717) is 12.3 Å². The maximum Gasteiger partial charge on any atom is 0.336 e. The molecular weight excluding hydrogens is 492 g/mol. The van der Waals surface area contributed by atoms with Crippen LogP contribution in [-0.2, 0) is 23.9 Å². The molecule has 6 atom stereocenters. The van der Waals surface area contributed by atoms with Crippen molar-refractivity contribution in [3.63, 3.8) is 0 Å². The molecule has 0 spiro atoms. The number of ether oxygens (including phenoxy) is 2. The summed E-state index contributed by atoms with van der Waals surface area (Å²) in [5.41, 5.74) is -0.852. The lowest BCUT2D eigenvalue weighted by Crippen LogP contribution is -2.55. The van der Waals surface area contributed by atoms with Crippen LogP contribution in [0.5, 0.6) is 0 Å². The SMILES string of the molecule is CC(C)C1CCC(CO)=CC1C=C(CO)C(=O)OCC1(O)CCC(C(C)C)C2C=C(C(=O)O)COC(=O)C21. The number of carbonyl (C=O) groups excluding carboxylic acids is 2. The smallest absolute Gasteiger partial charge is 0.336 e. The molecule has 1 saturated carbocycles. The lowest BCUT2D eigenvalue weighted by atomic mass is 9.61. The van der Waals surface area contributed by atoms with E-state index in [1.807, 2.05) is 19.9 Å². The number of rotatable bonds is 9. The lowest BCUT2D eigenvalue weighted by molar-refractivity contribution is -0.181. The quantitative estimate of drug-likeness (QED) is 0.199. The van der Waals surface area contributed by atoms with Gasteiger partial charge in [-0.05, 0) is 66.8 Å². The van der Waals surface area contributed by atoms with Crippen molar-refractivity contribution in [1.82, 2.24) is 0 Å². The molecule has 0 amide bonds. The Hall–Kier alpha value is -2.49. The van der Waals surface area contributed by atoms with Gasteiger partial charge >= 0.3 is 17.9 Å². The van der Waals surface area contributed by atoms with Gasteiger partial charge in [0.1, 0.15) is 18.8 Å². The summed E-state index contributed by atoms with van der Waals surface area (Å²) < 4.78 is 10.7. The second-order valence-corrected chi connectivity index (χ2v) is 11.6. The van der Waals surface area contributed by atoms with Crippen molar-refractivity contribution >= 4 is 17.9 Å². The largest absolute Gasteiger partial charge is 0.478 e. The highest BCUT2D eigenvalue weighted by atomic mass is 16.6. The second kappa shape index (κ2) is 12.6. The van der Waals surface area contributed by atoms with Crippen LogP contribution in [0.2, 0.25) is 0 Å². The maximum absolute atomic E-state index is 13.0. The van der Waals surface area contributed by atoms with Crippen LogP contribution in [0.15, 0.2) is 34.9 Å². The molecule has 0 aromatic carbocycles. The number of aliphatic carboxylic acids is 1. The normalized spacial score (nSPS) is 32.2. The Balaban J connectivity index is 1.84. The van der Waals surface area contributed by atoms with Gasteiger partial charge in [-0.1, -0.05) is 45.9 Å². The first-order chi connectivity index (χ1) is 17.9. The van der Waals surface area contributed by atoms with E-state index in [0.717, 1.165) is 18.4 Å². The van der Waals surface area contributed by atoms with Crippen molar-refractivity contribution in [2.45, 2.75) is 59.0 Å². The molecule has 9 nitrogen and oxygen atoms in total. The summed E-state index contributed by atoms with van der Waals surface area (Å²) in [6.45, 7) is 6.66. The minimum Gasteiger partial charge on any atom is -0.478 e. The molecule has 3 rings (SSSR count). The number of allylic oxidation sites excluding steroid dienone is 3. The van der Waals surface area contributed by atoms with Gasteiger partial charge in [0.25, 0.3) is 0 Å². The van der Waals surface area contributed by atoms with Crippen LogP contribution in [0.4, 0.5) is 0 Å². The number of carboxylic acids is 1. The van der Waals surface area contributed by atoms with E-state index in [1.165, 1.54) is 6.08 Å². The third kappa shape index (κ3) is 6.55. The van der Waals surface area contributed by atoms with Crippen molar-refractivity contribution in [3.8, 4) is 0 Å². The highest BCUT2D eigenvalue weighted by Crippen LogP contribution is 2.47. The molecule has 0 aromatic heterocycles. The fraction of sp³-hybridized carbons (Fsp3) is 0.690. The molecule has 0 radical (unpaired) electrons. The summed E-state index contributed by atoms with van der Waals surface area (Å²) in [7, 11) is 0. The Kier molecular flexibility index (Phi) is 9.95. The van der Waals surface area contributed by atoms with Crippen LogP contribution in [0.25, 0.3) is 0 Å². The summed E-state index contributed by atoms with van der Waals surface area (Å²) in [5, 5.41) is 40.7. The minimum absolute atomic E-state index is 0.0364. The average Bonchev–Trinajstić information content (AvgIpc) is 3.05. The monoisotopic (exact) mass is 534 g/mol. The topological polar surface area (TPSA) is 151 Å². The summed E-state index contributed by atoms with van der Waals surface area (Å²) in [5.74, 6) is -3.91. The summed E-state index contributed by atoms with van der Waals surface area (Å²) >= 11 is 0. The summed E-state index contributed by atoms with van der Waals surface area (Å²) in [4.78, 5) is 37.8. The first-order valence-corrected chi connectivity index (χ1v) is 13.5. The van der Waals surface area contributed by atoms with Gasteiger partial charge in [0.05, 0.1) is 30.3 Å². The van der Waals surface area contributed by atoms with Crippen LogP contribution >= 0.6 is 0 Å². The molecule has 0 bridgehead atoms. The number of carbonyl (C=O) groups is 3. The van der Waals surface area contributed by atoms with Crippen molar-refractivity contribution < 1.29 is 44.3 Å². The Labute approximate surface area is 224 Å². The molecule has 3 aliphatic rings. The highest BCUT2D eigenvalue weighted by Gasteiger charge is 2.54. The lowest BCUT2D eigenvalue weighted by Gasteiger charge is -2.46. The van der Waals surface area contributed by atoms with Gasteiger partial charge in [-0.15, -0.1) is 0 Å². The zero-order valence-electron chi connectivity index (χ0n) is 22.8. The molecule has 4 N–H and O–H groups in total. The molecule has 6 unspecified atom stereocenters. The molecule has 38 heavy (non-hydrogen) atoms. The number of carboxylic acid groups (broad SMARTS) is 1. The van der Waals surface area contributed by atoms with Crippen molar-refractivity contribution in [2.24, 2.45) is 41.4 Å². The highest BCUT2D eigenvalue weighted by molar-refractivity contribution is 5.89. The number of esters is 2. The van der Waals surface area contributed by atoms with E-state index in [9.17, 15) is 34.8 Å². The van der Waals surface area contributed by atoms with Crippen LogP contribution in [-0.4, -0.2) is 70.4 Å². The second-order valence-electron chi connectivity index (χ2n) is 11.6. The number of aliphatic hydroxyl groups is 3. The average molecular weight is 535 g/mol. The molecule has 2 aliphatic carbocycles. The van der Waals surface area contributed by atoms with E-state index in [1.54, 1.807) is 6.08 Å². The van der Waals surface area contributed by atoms with E-state index >= 15 is 0 Å². The van der Waals surface area contributed by atoms with Crippen molar-refractivity contribution in [1.29, 1.82) is 0 Å². The number of hydrogen-bond donors (Lipinski definition) is 4. The minimum atomic E-state index is -1.75. The van der Waals surface area contributed by atoms with Gasteiger partial charge in [0, 0.05) is 0 Å². The molecule has 1 aliphatic heterocycles. The predicted molar refractivity (Wildman–Crippen MR) is 139 cm³/mol. The first-order valence-electron chi connectivity index (χ1n) is 13.5. The zero-order chi connectivity index (χ0) is 28.2. The Morgan fingerprint density at radius 3 is 2.39 bits per heavy atom. The number of cyclic esters (lactones) is 1. The Bertz CT molecular complexity index is 992. The standard InChI is InChI=1S/C29H42O9/c1-16(2)22-6-5-18(12-30)9-19(22)10-20(13-31)27(34)38-15-29(36)8-7-23(17(3)4)24-11-21(26(32)33)14-37-28(35)25(24)29/h9-11,16-17,19,22-25,30-31,36H,5-8,12-15H2,1-4H3,(H,32,33). The van der Waals surface area contributed by atoms with Crippen LogP contribution in [0.3, 0.4) is 0 Å². The third-order valence-corrected chi connectivity index (χ3v) is 8.58. The van der Waals surface area contributed by atoms with Crippen molar-refractivity contribution in [3.05, 3.63) is 34.9 Å². The zero-order valence-corrected chi connectivity index (χ0v) is 22.8. The van der Waals surface area contributed by atoms with Crippen LogP contribution < -0.4 is 0 Å². The molecule has 9 heteroatoms. The van der Waals surface area contributed by atoms with Gasteiger partial charge in [-0.25, -0.2) is 9.59 Å². The van der Waals surface area contributed by atoms with Crippen LogP contribution in [0, 0.1) is 41.4 Å². The molecule has 0 aromatic rings.